The van der Waals surface area contributed by atoms with Crippen molar-refractivity contribution in [3.05, 3.63) is 84.8 Å². The molecule has 1 atom stereocenters. The fourth-order valence-electron chi connectivity index (χ4n) is 2.43. The summed E-state index contributed by atoms with van der Waals surface area (Å²) in [4.78, 5) is 25.9. The Morgan fingerprint density at radius 3 is 2.68 bits per heavy atom. The minimum absolute atomic E-state index is 0.000461. The van der Waals surface area contributed by atoms with E-state index in [1.807, 2.05) is 30.3 Å². The smallest absolute Gasteiger partial charge is 0.321 e. The minimum atomic E-state index is -1.10. The molecule has 5 nitrogen and oxygen atoms in total. The first-order valence-electron chi connectivity index (χ1n) is 7.88. The molecule has 1 aliphatic heterocycles. The summed E-state index contributed by atoms with van der Waals surface area (Å²) in [5.74, 6) is -2.20. The van der Waals surface area contributed by atoms with Crippen molar-refractivity contribution in [1.82, 2.24) is 4.90 Å². The monoisotopic (exact) mass is 339 g/mol. The van der Waals surface area contributed by atoms with Crippen LogP contribution in [0.25, 0.3) is 0 Å². The van der Waals surface area contributed by atoms with Crippen molar-refractivity contribution in [1.29, 1.82) is 0 Å². The van der Waals surface area contributed by atoms with Gasteiger partial charge >= 0.3 is 5.97 Å². The van der Waals surface area contributed by atoms with Crippen molar-refractivity contribution >= 4 is 11.8 Å². The third kappa shape index (κ3) is 4.94. The highest BCUT2D eigenvalue weighted by Gasteiger charge is 2.33. The van der Waals surface area contributed by atoms with Gasteiger partial charge in [0, 0.05) is 6.54 Å². The van der Waals surface area contributed by atoms with E-state index in [0.717, 1.165) is 5.56 Å². The molecule has 0 saturated heterocycles. The third-order valence-electron chi connectivity index (χ3n) is 3.78. The lowest BCUT2D eigenvalue weighted by Crippen LogP contribution is -2.40. The zero-order valence-electron chi connectivity index (χ0n) is 13.9. The standard InChI is InChI=1S/C20H21NO4/c1-3-8-15(4-2)14-25-20(24)17-11-19(23)21(13-18(17)22)12-16-9-6-5-7-10-16/h3-11,17,23H,1-2,12-14H2/b15-8+. The maximum Gasteiger partial charge on any atom is 0.321 e. The van der Waals surface area contributed by atoms with Gasteiger partial charge in [-0.3, -0.25) is 9.59 Å². The van der Waals surface area contributed by atoms with Crippen LogP contribution in [-0.4, -0.2) is 34.9 Å². The first-order valence-corrected chi connectivity index (χ1v) is 7.88. The number of hydrogen-bond acceptors (Lipinski definition) is 5. The summed E-state index contributed by atoms with van der Waals surface area (Å²) in [7, 11) is 0. The molecule has 0 radical (unpaired) electrons. The van der Waals surface area contributed by atoms with E-state index < -0.39 is 11.9 Å². The molecule has 0 bridgehead atoms. The Morgan fingerprint density at radius 2 is 2.04 bits per heavy atom. The molecule has 0 aliphatic carbocycles. The first kappa shape index (κ1) is 18.3. The fraction of sp³-hybridized carbons (Fsp3) is 0.200. The highest BCUT2D eigenvalue weighted by molar-refractivity contribution is 6.02. The van der Waals surface area contributed by atoms with Gasteiger partial charge in [-0.1, -0.05) is 61.7 Å². The summed E-state index contributed by atoms with van der Waals surface area (Å²) in [6.07, 6.45) is 6.01. The maximum atomic E-state index is 12.3. The molecule has 0 amide bonds. The van der Waals surface area contributed by atoms with Crippen LogP contribution in [-0.2, 0) is 20.9 Å². The number of nitrogens with zero attached hydrogens (tertiary/aromatic N) is 1. The number of ketones is 1. The number of esters is 1. The number of rotatable bonds is 7. The summed E-state index contributed by atoms with van der Waals surface area (Å²) in [6, 6.07) is 9.47. The van der Waals surface area contributed by atoms with Crippen molar-refractivity contribution in [2.75, 3.05) is 13.2 Å². The van der Waals surface area contributed by atoms with E-state index in [1.165, 1.54) is 11.0 Å². The van der Waals surface area contributed by atoms with Crippen molar-refractivity contribution in [2.45, 2.75) is 6.54 Å². The van der Waals surface area contributed by atoms with Crippen LogP contribution < -0.4 is 0 Å². The van der Waals surface area contributed by atoms with E-state index in [0.29, 0.717) is 12.1 Å². The molecule has 0 fully saturated rings. The lowest BCUT2D eigenvalue weighted by atomic mass is 10.00. The van der Waals surface area contributed by atoms with Crippen LogP contribution in [0.2, 0.25) is 0 Å². The van der Waals surface area contributed by atoms with Crippen molar-refractivity contribution in [3.63, 3.8) is 0 Å². The second-order valence-corrected chi connectivity index (χ2v) is 5.60. The molecule has 2 rings (SSSR count). The van der Waals surface area contributed by atoms with Gasteiger partial charge in [-0.05, 0) is 17.2 Å². The number of ether oxygens (including phenoxy) is 1. The largest absolute Gasteiger partial charge is 0.495 e. The van der Waals surface area contributed by atoms with Gasteiger partial charge in [-0.2, -0.15) is 0 Å². The topological polar surface area (TPSA) is 66.8 Å². The molecule has 0 spiro atoms. The van der Waals surface area contributed by atoms with Crippen molar-refractivity contribution in [3.8, 4) is 0 Å². The Balaban J connectivity index is 2.02. The molecule has 1 aromatic carbocycles. The van der Waals surface area contributed by atoms with E-state index in [-0.39, 0.29) is 24.8 Å². The molecule has 5 heteroatoms. The quantitative estimate of drug-likeness (QED) is 0.470. The number of hydrogen-bond donors (Lipinski definition) is 1. The van der Waals surface area contributed by atoms with Gasteiger partial charge in [0.2, 0.25) is 0 Å². The highest BCUT2D eigenvalue weighted by Crippen LogP contribution is 2.20. The number of benzene rings is 1. The Hall–Kier alpha value is -3.08. The van der Waals surface area contributed by atoms with Crippen LogP contribution in [0, 0.1) is 5.92 Å². The number of aliphatic hydroxyl groups excluding tert-OH is 1. The van der Waals surface area contributed by atoms with Crippen LogP contribution in [0.3, 0.4) is 0 Å². The van der Waals surface area contributed by atoms with Gasteiger partial charge in [0.05, 0.1) is 6.54 Å². The van der Waals surface area contributed by atoms with Gasteiger partial charge in [-0.25, -0.2) is 0 Å². The van der Waals surface area contributed by atoms with Gasteiger partial charge in [0.15, 0.2) is 11.7 Å². The summed E-state index contributed by atoms with van der Waals surface area (Å²) in [5, 5.41) is 10.2. The molecule has 1 unspecified atom stereocenters. The van der Waals surface area contributed by atoms with E-state index in [9.17, 15) is 14.7 Å². The molecule has 1 N–H and O–H groups in total. The minimum Gasteiger partial charge on any atom is -0.495 e. The van der Waals surface area contributed by atoms with Crippen LogP contribution >= 0.6 is 0 Å². The lowest BCUT2D eigenvalue weighted by molar-refractivity contribution is -0.150. The Bertz CT molecular complexity index is 718. The van der Waals surface area contributed by atoms with Crippen molar-refractivity contribution in [2.24, 2.45) is 5.92 Å². The van der Waals surface area contributed by atoms with Gasteiger partial charge in [0.1, 0.15) is 12.5 Å². The molecule has 25 heavy (non-hydrogen) atoms. The zero-order chi connectivity index (χ0) is 18.2. The average molecular weight is 339 g/mol. The molecule has 1 aromatic rings. The normalized spacial score (nSPS) is 17.7. The summed E-state index contributed by atoms with van der Waals surface area (Å²) >= 11 is 0. The predicted octanol–water partition coefficient (Wildman–Crippen LogP) is 2.93. The molecule has 130 valence electrons. The molecule has 0 saturated carbocycles. The lowest BCUT2D eigenvalue weighted by Gasteiger charge is -2.28. The summed E-state index contributed by atoms with van der Waals surface area (Å²) in [5.41, 5.74) is 1.63. The highest BCUT2D eigenvalue weighted by atomic mass is 16.5. The fourth-order valence-corrected chi connectivity index (χ4v) is 2.43. The molecule has 1 heterocycles. The molecular weight excluding hydrogens is 318 g/mol. The second kappa shape index (κ2) is 8.68. The van der Waals surface area contributed by atoms with E-state index in [1.54, 1.807) is 18.2 Å². The third-order valence-corrected chi connectivity index (χ3v) is 3.78. The summed E-state index contributed by atoms with van der Waals surface area (Å²) in [6.45, 7) is 7.52. The number of carbonyl (C=O) groups excluding carboxylic acids is 2. The van der Waals surface area contributed by atoms with E-state index in [4.69, 9.17) is 4.74 Å². The van der Waals surface area contributed by atoms with Crippen LogP contribution in [0.15, 0.2) is 79.2 Å². The number of carbonyl (C=O) groups is 2. The number of allylic oxidation sites excluding steroid dienone is 2. The average Bonchev–Trinajstić information content (AvgIpc) is 2.62. The van der Waals surface area contributed by atoms with Gasteiger partial charge < -0.3 is 14.7 Å². The van der Waals surface area contributed by atoms with Gasteiger partial charge in [-0.15, -0.1) is 0 Å². The zero-order valence-corrected chi connectivity index (χ0v) is 13.9. The van der Waals surface area contributed by atoms with Gasteiger partial charge in [0.25, 0.3) is 0 Å². The van der Waals surface area contributed by atoms with Crippen LogP contribution in [0.4, 0.5) is 0 Å². The number of aliphatic hydroxyl groups is 1. The van der Waals surface area contributed by atoms with E-state index in [2.05, 4.69) is 13.2 Å². The second-order valence-electron chi connectivity index (χ2n) is 5.60. The maximum absolute atomic E-state index is 12.3. The molecular formula is C20H21NO4. The molecule has 1 aliphatic rings. The summed E-state index contributed by atoms with van der Waals surface area (Å²) < 4.78 is 5.14. The first-order chi connectivity index (χ1) is 12.0. The predicted molar refractivity (Wildman–Crippen MR) is 95.5 cm³/mol. The van der Waals surface area contributed by atoms with Crippen molar-refractivity contribution < 1.29 is 19.4 Å². The number of Topliss-reactive ketones (excluding diaryl/α,β-unsaturated/α-hetero) is 1. The van der Waals surface area contributed by atoms with Crippen LogP contribution in [0.5, 0.6) is 0 Å². The van der Waals surface area contributed by atoms with Crippen LogP contribution in [0.1, 0.15) is 5.56 Å². The molecule has 0 aromatic heterocycles. The van der Waals surface area contributed by atoms with E-state index >= 15 is 0 Å². The Labute approximate surface area is 147 Å². The SMILES string of the molecule is C=C/C=C(\C=C)COC(=O)C1C=C(O)N(Cc2ccccc2)CC1=O. The Kier molecular flexibility index (Phi) is 6.34. The Morgan fingerprint density at radius 1 is 1.32 bits per heavy atom.